The first-order valence-electron chi connectivity index (χ1n) is 6.97. The summed E-state index contributed by atoms with van der Waals surface area (Å²) in [6, 6.07) is 8.36. The van der Waals surface area contributed by atoms with Gasteiger partial charge in [0.2, 0.25) is 5.95 Å². The van der Waals surface area contributed by atoms with Gasteiger partial charge in [0.15, 0.2) is 0 Å². The fourth-order valence-electron chi connectivity index (χ4n) is 2.28. The number of anilines is 1. The number of nitrogen functional groups attached to an aromatic ring is 1. The van der Waals surface area contributed by atoms with Gasteiger partial charge in [0, 0.05) is 16.8 Å². The maximum Gasteiger partial charge on any atom is 0.280 e. The summed E-state index contributed by atoms with van der Waals surface area (Å²) >= 11 is 0. The van der Waals surface area contributed by atoms with Gasteiger partial charge < -0.3 is 5.73 Å². The van der Waals surface area contributed by atoms with E-state index in [9.17, 15) is 13.2 Å². The molecule has 0 atom stereocenters. The minimum Gasteiger partial charge on any atom is -0.366 e. The number of aryl methyl sites for hydroxylation is 1. The van der Waals surface area contributed by atoms with E-state index in [1.165, 1.54) is 30.3 Å². The second-order valence-corrected chi connectivity index (χ2v) is 5.10. The summed E-state index contributed by atoms with van der Waals surface area (Å²) < 4.78 is 39.1. The van der Waals surface area contributed by atoms with Crippen LogP contribution in [-0.4, -0.2) is 20.2 Å². The van der Waals surface area contributed by atoms with Crippen molar-refractivity contribution in [2.45, 2.75) is 13.3 Å². The Hall–Kier alpha value is -3.03. The summed E-state index contributed by atoms with van der Waals surface area (Å²) in [6.07, 6.45) is -2.72. The predicted molar refractivity (Wildman–Crippen MR) is 82.6 cm³/mol. The van der Waals surface area contributed by atoms with Crippen molar-refractivity contribution in [3.63, 3.8) is 0 Å². The number of nitrogens with two attached hydrogens (primary N) is 1. The van der Waals surface area contributed by atoms with Crippen LogP contribution in [0, 0.1) is 12.7 Å². The average Bonchev–Trinajstić information content (AvgIpc) is 2.55. The minimum atomic E-state index is -2.72. The van der Waals surface area contributed by atoms with Gasteiger partial charge in [-0.15, -0.1) is 10.2 Å². The van der Waals surface area contributed by atoms with Crippen molar-refractivity contribution in [2.75, 3.05) is 5.73 Å². The molecule has 2 N–H and O–H groups in total. The highest BCUT2D eigenvalue weighted by Crippen LogP contribution is 2.31. The first-order valence-corrected chi connectivity index (χ1v) is 6.97. The van der Waals surface area contributed by atoms with Gasteiger partial charge in [-0.05, 0) is 43.3 Å². The molecular formula is C16H12F3N5. The van der Waals surface area contributed by atoms with Crippen LogP contribution in [0.5, 0.6) is 0 Å². The Balaban J connectivity index is 2.20. The van der Waals surface area contributed by atoms with Crippen LogP contribution in [0.15, 0.2) is 36.4 Å². The van der Waals surface area contributed by atoms with Gasteiger partial charge in [0.25, 0.3) is 6.43 Å². The molecule has 0 amide bonds. The zero-order valence-corrected chi connectivity index (χ0v) is 12.5. The number of nitrogens with zero attached hydrogens (tertiary/aromatic N) is 4. The van der Waals surface area contributed by atoms with Gasteiger partial charge in [-0.3, -0.25) is 4.98 Å². The molecule has 2 aromatic heterocycles. The van der Waals surface area contributed by atoms with E-state index in [1.807, 2.05) is 0 Å². The Labute approximate surface area is 135 Å². The Kier molecular flexibility index (Phi) is 4.11. The summed E-state index contributed by atoms with van der Waals surface area (Å²) in [4.78, 5) is 7.92. The molecule has 0 bridgehead atoms. The standard InChI is InChI=1S/C16H12F3N5/c1-8-6-10(7-12(21-8)15(18)19)14-13(22-16(20)24-23-14)9-2-4-11(17)5-3-9/h2-7,15H,1H3,(H2,20,22,24). The molecule has 3 aromatic rings. The van der Waals surface area contributed by atoms with Crippen LogP contribution in [0.25, 0.3) is 22.5 Å². The third-order valence-electron chi connectivity index (χ3n) is 3.29. The molecule has 0 aliphatic rings. The number of hydrogen-bond acceptors (Lipinski definition) is 5. The second kappa shape index (κ2) is 6.23. The summed E-state index contributed by atoms with van der Waals surface area (Å²) in [5, 5.41) is 7.68. The van der Waals surface area contributed by atoms with E-state index in [4.69, 9.17) is 5.73 Å². The molecule has 0 radical (unpaired) electrons. The van der Waals surface area contributed by atoms with Crippen LogP contribution >= 0.6 is 0 Å². The van der Waals surface area contributed by atoms with Gasteiger partial charge in [0.1, 0.15) is 22.9 Å². The lowest BCUT2D eigenvalue weighted by Crippen LogP contribution is -2.03. The molecule has 0 saturated heterocycles. The topological polar surface area (TPSA) is 77.6 Å². The number of halogens is 3. The van der Waals surface area contributed by atoms with Crippen molar-refractivity contribution in [1.29, 1.82) is 0 Å². The number of aromatic nitrogens is 4. The van der Waals surface area contributed by atoms with Crippen molar-refractivity contribution in [2.24, 2.45) is 0 Å². The molecule has 3 rings (SSSR count). The van der Waals surface area contributed by atoms with Crippen molar-refractivity contribution in [3.05, 3.63) is 53.6 Å². The van der Waals surface area contributed by atoms with Crippen molar-refractivity contribution in [3.8, 4) is 22.5 Å². The molecule has 2 heterocycles. The minimum absolute atomic E-state index is 0.0714. The van der Waals surface area contributed by atoms with Crippen LogP contribution < -0.4 is 5.73 Å². The zero-order valence-electron chi connectivity index (χ0n) is 12.5. The molecule has 0 fully saturated rings. The number of alkyl halides is 2. The monoisotopic (exact) mass is 331 g/mol. The molecule has 8 heteroatoms. The lowest BCUT2D eigenvalue weighted by molar-refractivity contribution is 0.146. The van der Waals surface area contributed by atoms with Gasteiger partial charge in [-0.1, -0.05) is 0 Å². The van der Waals surface area contributed by atoms with Gasteiger partial charge in [0.05, 0.1) is 0 Å². The Morgan fingerprint density at radius 2 is 1.62 bits per heavy atom. The van der Waals surface area contributed by atoms with Crippen LogP contribution in [0.3, 0.4) is 0 Å². The first-order chi connectivity index (χ1) is 11.4. The third-order valence-corrected chi connectivity index (χ3v) is 3.29. The number of pyridine rings is 1. The third kappa shape index (κ3) is 3.17. The van der Waals surface area contributed by atoms with E-state index in [1.54, 1.807) is 13.0 Å². The number of rotatable bonds is 3. The van der Waals surface area contributed by atoms with Gasteiger partial charge in [-0.2, -0.15) is 0 Å². The maximum atomic E-state index is 13.1. The maximum absolute atomic E-state index is 13.1. The van der Waals surface area contributed by atoms with Crippen molar-refractivity contribution < 1.29 is 13.2 Å². The SMILES string of the molecule is Cc1cc(-c2nnc(N)nc2-c2ccc(F)cc2)cc(C(F)F)n1. The Bertz CT molecular complexity index is 881. The average molecular weight is 331 g/mol. The first kappa shape index (κ1) is 15.9. The summed E-state index contributed by atoms with van der Waals surface area (Å²) in [5.74, 6) is -0.479. The van der Waals surface area contributed by atoms with E-state index in [0.717, 1.165) is 0 Å². The summed E-state index contributed by atoms with van der Waals surface area (Å²) in [5.41, 5.74) is 7.15. The number of benzene rings is 1. The molecule has 0 aliphatic heterocycles. The lowest BCUT2D eigenvalue weighted by Gasteiger charge is -2.10. The van der Waals surface area contributed by atoms with E-state index < -0.39 is 12.2 Å². The molecular weight excluding hydrogens is 319 g/mol. The molecule has 24 heavy (non-hydrogen) atoms. The van der Waals surface area contributed by atoms with Crippen molar-refractivity contribution >= 4 is 5.95 Å². The van der Waals surface area contributed by atoms with Crippen LogP contribution in [0.4, 0.5) is 19.1 Å². The highest BCUT2D eigenvalue weighted by atomic mass is 19.3. The molecule has 0 unspecified atom stereocenters. The quantitative estimate of drug-likeness (QED) is 0.794. The molecule has 122 valence electrons. The van der Waals surface area contributed by atoms with E-state index in [0.29, 0.717) is 22.5 Å². The fourth-order valence-corrected chi connectivity index (χ4v) is 2.28. The van der Waals surface area contributed by atoms with Crippen LogP contribution in [-0.2, 0) is 0 Å². The zero-order chi connectivity index (χ0) is 17.3. The fraction of sp³-hybridized carbons (Fsp3) is 0.125. The summed E-state index contributed by atoms with van der Waals surface area (Å²) in [7, 11) is 0. The highest BCUT2D eigenvalue weighted by Gasteiger charge is 2.17. The highest BCUT2D eigenvalue weighted by molar-refractivity contribution is 5.78. The van der Waals surface area contributed by atoms with Crippen LogP contribution in [0.1, 0.15) is 17.8 Å². The van der Waals surface area contributed by atoms with E-state index in [-0.39, 0.29) is 17.3 Å². The molecule has 0 saturated carbocycles. The second-order valence-electron chi connectivity index (χ2n) is 5.10. The van der Waals surface area contributed by atoms with E-state index >= 15 is 0 Å². The summed E-state index contributed by atoms with van der Waals surface area (Å²) in [6.45, 7) is 1.60. The Morgan fingerprint density at radius 3 is 2.29 bits per heavy atom. The van der Waals surface area contributed by atoms with E-state index in [2.05, 4.69) is 20.2 Å². The molecule has 0 aliphatic carbocycles. The largest absolute Gasteiger partial charge is 0.366 e. The number of hydrogen-bond donors (Lipinski definition) is 1. The molecule has 5 nitrogen and oxygen atoms in total. The smallest absolute Gasteiger partial charge is 0.280 e. The normalized spacial score (nSPS) is 11.0. The van der Waals surface area contributed by atoms with Gasteiger partial charge >= 0.3 is 0 Å². The molecule has 0 spiro atoms. The predicted octanol–water partition coefficient (Wildman–Crippen LogP) is 3.57. The Morgan fingerprint density at radius 1 is 0.917 bits per heavy atom. The lowest BCUT2D eigenvalue weighted by atomic mass is 10.0. The molecule has 1 aromatic carbocycles. The van der Waals surface area contributed by atoms with Gasteiger partial charge in [-0.25, -0.2) is 18.2 Å². The van der Waals surface area contributed by atoms with Crippen molar-refractivity contribution in [1.82, 2.24) is 20.2 Å². The van der Waals surface area contributed by atoms with Crippen LogP contribution in [0.2, 0.25) is 0 Å².